The van der Waals surface area contributed by atoms with Crippen LogP contribution in [0.5, 0.6) is 0 Å². The molecule has 0 saturated heterocycles. The number of hydrogen-bond acceptors (Lipinski definition) is 2. The fourth-order valence-corrected chi connectivity index (χ4v) is 1.93. The molecule has 14 heavy (non-hydrogen) atoms. The Balaban J connectivity index is 2.18. The maximum atomic E-state index is 11.3. The second-order valence-corrected chi connectivity index (χ2v) is 4.93. The second kappa shape index (κ2) is 6.19. The normalized spacial score (nSPS) is 12.4. The van der Waals surface area contributed by atoms with Gasteiger partial charge in [-0.25, -0.2) is 0 Å². The molecule has 78 valence electrons. The van der Waals surface area contributed by atoms with Gasteiger partial charge in [-0.1, -0.05) is 22.9 Å². The van der Waals surface area contributed by atoms with Crippen molar-refractivity contribution in [3.05, 3.63) is 22.4 Å². The zero-order valence-corrected chi connectivity index (χ0v) is 10.5. The summed E-state index contributed by atoms with van der Waals surface area (Å²) in [7, 11) is 0. The Morgan fingerprint density at radius 1 is 1.71 bits per heavy atom. The second-order valence-electron chi connectivity index (χ2n) is 3.05. The number of carbonyl (C=O) groups is 1. The summed E-state index contributed by atoms with van der Waals surface area (Å²) >= 11 is 5.00. The maximum absolute atomic E-state index is 11.3. The molecule has 1 amide bonds. The van der Waals surface area contributed by atoms with Crippen molar-refractivity contribution in [2.45, 2.75) is 24.6 Å². The fraction of sp³-hybridized carbons (Fsp3) is 0.500. The van der Waals surface area contributed by atoms with Gasteiger partial charge in [0.15, 0.2) is 0 Å². The van der Waals surface area contributed by atoms with E-state index < -0.39 is 0 Å². The van der Waals surface area contributed by atoms with Crippen LogP contribution in [0, 0.1) is 0 Å². The number of hydrogen-bond donors (Lipinski definition) is 1. The number of rotatable bonds is 5. The Morgan fingerprint density at radius 2 is 2.50 bits per heavy atom. The van der Waals surface area contributed by atoms with Crippen molar-refractivity contribution < 1.29 is 4.79 Å². The van der Waals surface area contributed by atoms with Crippen LogP contribution in [0.1, 0.15) is 18.9 Å². The molecule has 0 aliphatic carbocycles. The monoisotopic (exact) mass is 275 g/mol. The summed E-state index contributed by atoms with van der Waals surface area (Å²) in [6.45, 7) is 2.70. The van der Waals surface area contributed by atoms with Crippen LogP contribution < -0.4 is 5.32 Å². The van der Waals surface area contributed by atoms with Gasteiger partial charge in [-0.3, -0.25) is 4.79 Å². The van der Waals surface area contributed by atoms with Crippen molar-refractivity contribution in [2.75, 3.05) is 6.54 Å². The first-order valence-electron chi connectivity index (χ1n) is 4.67. The zero-order chi connectivity index (χ0) is 10.4. The molecule has 1 unspecified atom stereocenters. The van der Waals surface area contributed by atoms with Gasteiger partial charge in [0.25, 0.3) is 0 Å². The Kier molecular flexibility index (Phi) is 5.19. The molecule has 1 heterocycles. The molecule has 4 heteroatoms. The van der Waals surface area contributed by atoms with E-state index in [0.717, 1.165) is 19.4 Å². The Labute approximate surface area is 96.8 Å². The van der Waals surface area contributed by atoms with Crippen LogP contribution >= 0.6 is 27.3 Å². The number of carbonyl (C=O) groups excluding carboxylic acids is 1. The third kappa shape index (κ3) is 3.80. The lowest BCUT2D eigenvalue weighted by molar-refractivity contribution is -0.120. The molecule has 0 aliphatic rings. The van der Waals surface area contributed by atoms with Gasteiger partial charge in [0.05, 0.1) is 4.83 Å². The molecule has 0 aliphatic heterocycles. The van der Waals surface area contributed by atoms with Crippen molar-refractivity contribution >= 4 is 33.2 Å². The van der Waals surface area contributed by atoms with E-state index in [4.69, 9.17) is 0 Å². The van der Waals surface area contributed by atoms with Crippen molar-refractivity contribution in [1.29, 1.82) is 0 Å². The summed E-state index contributed by atoms with van der Waals surface area (Å²) in [6, 6.07) is 2.09. The van der Waals surface area contributed by atoms with Crippen molar-refractivity contribution in [3.63, 3.8) is 0 Å². The zero-order valence-electron chi connectivity index (χ0n) is 8.13. The summed E-state index contributed by atoms with van der Waals surface area (Å²) in [4.78, 5) is 11.3. The molecule has 0 saturated carbocycles. The molecule has 0 fully saturated rings. The minimum atomic E-state index is -0.0509. The van der Waals surface area contributed by atoms with Crippen LogP contribution in [0.15, 0.2) is 16.8 Å². The summed E-state index contributed by atoms with van der Waals surface area (Å²) in [5.74, 6) is 0.0859. The molecular weight excluding hydrogens is 262 g/mol. The molecular formula is C10H14BrNOS. The molecule has 1 rings (SSSR count). The van der Waals surface area contributed by atoms with E-state index in [2.05, 4.69) is 38.1 Å². The molecule has 1 N–H and O–H groups in total. The number of alkyl halides is 1. The summed E-state index contributed by atoms with van der Waals surface area (Å²) in [5.41, 5.74) is 1.29. The van der Waals surface area contributed by atoms with E-state index in [1.165, 1.54) is 5.56 Å². The van der Waals surface area contributed by atoms with Crippen molar-refractivity contribution in [2.24, 2.45) is 0 Å². The summed E-state index contributed by atoms with van der Waals surface area (Å²) in [5, 5.41) is 7.05. The fourth-order valence-electron chi connectivity index (χ4n) is 1.06. The topological polar surface area (TPSA) is 29.1 Å². The van der Waals surface area contributed by atoms with Gasteiger partial charge in [-0.2, -0.15) is 11.3 Å². The van der Waals surface area contributed by atoms with Crippen LogP contribution in [-0.4, -0.2) is 17.3 Å². The summed E-state index contributed by atoms with van der Waals surface area (Å²) in [6.07, 6.45) is 1.74. The molecule has 0 bridgehead atoms. The van der Waals surface area contributed by atoms with Gasteiger partial charge in [-0.15, -0.1) is 0 Å². The molecule has 1 atom stereocenters. The maximum Gasteiger partial charge on any atom is 0.233 e. The Hall–Kier alpha value is -0.350. The van der Waals surface area contributed by atoms with Crippen LogP contribution in [-0.2, 0) is 11.2 Å². The third-order valence-corrected chi connectivity index (χ3v) is 3.73. The average molecular weight is 276 g/mol. The van der Waals surface area contributed by atoms with Crippen LogP contribution in [0.2, 0.25) is 0 Å². The first kappa shape index (κ1) is 11.7. The van der Waals surface area contributed by atoms with E-state index in [1.807, 2.05) is 6.92 Å². The SMILES string of the molecule is CCC(Br)C(=O)NCCc1ccsc1. The molecule has 1 aromatic heterocycles. The van der Waals surface area contributed by atoms with Gasteiger partial charge < -0.3 is 5.32 Å². The van der Waals surface area contributed by atoms with E-state index in [-0.39, 0.29) is 10.7 Å². The number of halogens is 1. The number of nitrogens with one attached hydrogen (secondary N) is 1. The van der Waals surface area contributed by atoms with E-state index in [9.17, 15) is 4.79 Å². The summed E-state index contributed by atoms with van der Waals surface area (Å²) < 4.78 is 0. The minimum Gasteiger partial charge on any atom is -0.355 e. The highest BCUT2D eigenvalue weighted by atomic mass is 79.9. The Bertz CT molecular complexity index is 274. The van der Waals surface area contributed by atoms with E-state index in [0.29, 0.717) is 0 Å². The van der Waals surface area contributed by atoms with Gasteiger partial charge in [0, 0.05) is 6.54 Å². The average Bonchev–Trinajstić information content (AvgIpc) is 2.69. The molecule has 1 aromatic rings. The van der Waals surface area contributed by atoms with E-state index in [1.54, 1.807) is 11.3 Å². The highest BCUT2D eigenvalue weighted by molar-refractivity contribution is 9.10. The molecule has 0 radical (unpaired) electrons. The van der Waals surface area contributed by atoms with Gasteiger partial charge >= 0.3 is 0 Å². The van der Waals surface area contributed by atoms with E-state index >= 15 is 0 Å². The Morgan fingerprint density at radius 3 is 3.07 bits per heavy atom. The smallest absolute Gasteiger partial charge is 0.233 e. The molecule has 0 spiro atoms. The molecule has 2 nitrogen and oxygen atoms in total. The molecule has 0 aromatic carbocycles. The van der Waals surface area contributed by atoms with Crippen molar-refractivity contribution in [1.82, 2.24) is 5.32 Å². The van der Waals surface area contributed by atoms with Crippen LogP contribution in [0.25, 0.3) is 0 Å². The first-order valence-corrected chi connectivity index (χ1v) is 6.52. The number of thiophene rings is 1. The lowest BCUT2D eigenvalue weighted by Gasteiger charge is -2.07. The first-order chi connectivity index (χ1) is 6.74. The third-order valence-electron chi connectivity index (χ3n) is 1.94. The highest BCUT2D eigenvalue weighted by Crippen LogP contribution is 2.06. The lowest BCUT2D eigenvalue weighted by Crippen LogP contribution is -2.32. The standard InChI is InChI=1S/C10H14BrNOS/c1-2-9(11)10(13)12-5-3-8-4-6-14-7-8/h4,6-7,9H,2-3,5H2,1H3,(H,12,13). The van der Waals surface area contributed by atoms with Crippen LogP contribution in [0.4, 0.5) is 0 Å². The minimum absolute atomic E-state index is 0.0509. The predicted octanol–water partition coefficient (Wildman–Crippen LogP) is 2.58. The highest BCUT2D eigenvalue weighted by Gasteiger charge is 2.10. The van der Waals surface area contributed by atoms with Gasteiger partial charge in [0.1, 0.15) is 0 Å². The van der Waals surface area contributed by atoms with Crippen LogP contribution in [0.3, 0.4) is 0 Å². The number of amides is 1. The quantitative estimate of drug-likeness (QED) is 0.823. The van der Waals surface area contributed by atoms with Gasteiger partial charge in [0.2, 0.25) is 5.91 Å². The lowest BCUT2D eigenvalue weighted by atomic mass is 10.2. The van der Waals surface area contributed by atoms with Crippen molar-refractivity contribution in [3.8, 4) is 0 Å². The van der Waals surface area contributed by atoms with Gasteiger partial charge in [-0.05, 0) is 35.2 Å². The predicted molar refractivity (Wildman–Crippen MR) is 64.0 cm³/mol. The largest absolute Gasteiger partial charge is 0.355 e.